The maximum Gasteiger partial charge on any atom is 0.267 e. The lowest BCUT2D eigenvalue weighted by atomic mass is 10.1. The van der Waals surface area contributed by atoms with Crippen molar-refractivity contribution < 1.29 is 9.90 Å². The summed E-state index contributed by atoms with van der Waals surface area (Å²) in [5.41, 5.74) is 2.04. The van der Waals surface area contributed by atoms with E-state index < -0.39 is 6.10 Å². The highest BCUT2D eigenvalue weighted by atomic mass is 32.2. The van der Waals surface area contributed by atoms with Crippen molar-refractivity contribution in [3.05, 3.63) is 80.6 Å². The van der Waals surface area contributed by atoms with Gasteiger partial charge in [-0.15, -0.1) is 0 Å². The molecule has 1 unspecified atom stereocenters. The molecular formula is C24H24N4O3S2. The Morgan fingerprint density at radius 3 is 2.70 bits per heavy atom. The number of hydrogen-bond acceptors (Lipinski definition) is 7. The Bertz CT molecular complexity index is 1300. The van der Waals surface area contributed by atoms with E-state index in [0.29, 0.717) is 27.2 Å². The third kappa shape index (κ3) is 4.71. The maximum absolute atomic E-state index is 13.4. The normalized spacial score (nSPS) is 16.1. The second-order valence-corrected chi connectivity index (χ2v) is 9.38. The first-order valence-electron chi connectivity index (χ1n) is 10.6. The molecule has 170 valence electrons. The number of aryl methyl sites for hydroxylation is 1. The van der Waals surface area contributed by atoms with Crippen molar-refractivity contribution in [2.75, 3.05) is 18.4 Å². The molecule has 1 aromatic carbocycles. The molecule has 3 heterocycles. The number of fused-ring (bicyclic) bond motifs is 1. The summed E-state index contributed by atoms with van der Waals surface area (Å²) < 4.78 is 1.94. The molecule has 3 aromatic rings. The van der Waals surface area contributed by atoms with Gasteiger partial charge in [0.15, 0.2) is 0 Å². The van der Waals surface area contributed by atoms with Gasteiger partial charge in [-0.3, -0.25) is 18.9 Å². The predicted molar refractivity (Wildman–Crippen MR) is 136 cm³/mol. The number of carbonyl (C=O) groups excluding carboxylic acids is 1. The lowest BCUT2D eigenvalue weighted by Gasteiger charge is -2.15. The number of amides is 1. The van der Waals surface area contributed by atoms with E-state index in [2.05, 4.69) is 10.3 Å². The van der Waals surface area contributed by atoms with Gasteiger partial charge >= 0.3 is 0 Å². The van der Waals surface area contributed by atoms with Gasteiger partial charge in [0.2, 0.25) is 0 Å². The number of thioether (sulfide) groups is 1. The lowest BCUT2D eigenvalue weighted by Crippen LogP contribution is -2.28. The summed E-state index contributed by atoms with van der Waals surface area (Å²) in [4.78, 5) is 32.9. The molecule has 1 aliphatic rings. The van der Waals surface area contributed by atoms with Gasteiger partial charge in [0, 0.05) is 19.3 Å². The van der Waals surface area contributed by atoms with Crippen LogP contribution < -0.4 is 10.9 Å². The first-order chi connectivity index (χ1) is 15.9. The van der Waals surface area contributed by atoms with E-state index in [4.69, 9.17) is 12.2 Å². The highest BCUT2D eigenvalue weighted by Gasteiger charge is 2.32. The van der Waals surface area contributed by atoms with E-state index in [9.17, 15) is 14.7 Å². The van der Waals surface area contributed by atoms with Crippen molar-refractivity contribution in [2.24, 2.45) is 0 Å². The fourth-order valence-corrected chi connectivity index (χ4v) is 4.90. The van der Waals surface area contributed by atoms with Crippen LogP contribution in [0.2, 0.25) is 0 Å². The zero-order chi connectivity index (χ0) is 23.5. The first kappa shape index (κ1) is 23.2. The topological polar surface area (TPSA) is 86.9 Å². The quantitative estimate of drug-likeness (QED) is 0.393. The number of hydrogen-bond donors (Lipinski definition) is 2. The third-order valence-corrected chi connectivity index (χ3v) is 6.71. The summed E-state index contributed by atoms with van der Waals surface area (Å²) in [5.74, 6) is 0.0981. The summed E-state index contributed by atoms with van der Waals surface area (Å²) >= 11 is 6.53. The Morgan fingerprint density at radius 2 is 1.97 bits per heavy atom. The van der Waals surface area contributed by atoms with Crippen LogP contribution in [-0.2, 0) is 4.79 Å². The largest absolute Gasteiger partial charge is 0.387 e. The molecule has 0 radical (unpaired) electrons. The van der Waals surface area contributed by atoms with E-state index in [0.717, 1.165) is 17.5 Å². The van der Waals surface area contributed by atoms with Crippen LogP contribution in [0, 0.1) is 6.92 Å². The van der Waals surface area contributed by atoms with E-state index in [1.165, 1.54) is 16.2 Å². The smallest absolute Gasteiger partial charge is 0.267 e. The molecule has 0 bridgehead atoms. The molecule has 9 heteroatoms. The van der Waals surface area contributed by atoms with E-state index >= 15 is 0 Å². The molecule has 2 N–H and O–H groups in total. The van der Waals surface area contributed by atoms with Crippen LogP contribution in [0.15, 0.2) is 58.4 Å². The minimum Gasteiger partial charge on any atom is -0.387 e. The predicted octanol–water partition coefficient (Wildman–Crippen LogP) is 3.76. The zero-order valence-electron chi connectivity index (χ0n) is 18.3. The number of rotatable bonds is 7. The van der Waals surface area contributed by atoms with Gasteiger partial charge in [0.05, 0.1) is 16.6 Å². The van der Waals surface area contributed by atoms with Crippen molar-refractivity contribution >= 4 is 51.7 Å². The molecule has 1 saturated heterocycles. The van der Waals surface area contributed by atoms with Gasteiger partial charge < -0.3 is 10.4 Å². The van der Waals surface area contributed by atoms with Crippen LogP contribution in [0.1, 0.15) is 36.1 Å². The molecule has 0 aliphatic carbocycles. The summed E-state index contributed by atoms with van der Waals surface area (Å²) in [6, 6.07) is 12.9. The number of aliphatic hydroxyl groups excluding tert-OH is 1. The number of thiocarbonyl (C=S) groups is 1. The third-order valence-electron chi connectivity index (χ3n) is 5.33. The Morgan fingerprint density at radius 1 is 1.21 bits per heavy atom. The van der Waals surface area contributed by atoms with Crippen molar-refractivity contribution in [3.63, 3.8) is 0 Å². The van der Waals surface area contributed by atoms with Crippen molar-refractivity contribution in [3.8, 4) is 0 Å². The number of aromatic nitrogens is 2. The molecule has 1 amide bonds. The van der Waals surface area contributed by atoms with Crippen molar-refractivity contribution in [1.82, 2.24) is 14.3 Å². The molecule has 2 aromatic heterocycles. The van der Waals surface area contributed by atoms with Crippen LogP contribution in [0.25, 0.3) is 11.7 Å². The Labute approximate surface area is 201 Å². The second-order valence-electron chi connectivity index (χ2n) is 7.70. The Kier molecular flexibility index (Phi) is 6.92. The zero-order valence-corrected chi connectivity index (χ0v) is 19.9. The van der Waals surface area contributed by atoms with Gasteiger partial charge in [-0.05, 0) is 36.6 Å². The number of pyridine rings is 1. The van der Waals surface area contributed by atoms with Crippen molar-refractivity contribution in [2.45, 2.75) is 26.4 Å². The average molecular weight is 481 g/mol. The number of anilines is 1. The number of benzene rings is 1. The highest BCUT2D eigenvalue weighted by Crippen LogP contribution is 2.33. The summed E-state index contributed by atoms with van der Waals surface area (Å²) in [5, 5.41) is 13.7. The molecule has 0 spiro atoms. The van der Waals surface area contributed by atoms with Crippen LogP contribution in [0.5, 0.6) is 0 Å². The molecule has 33 heavy (non-hydrogen) atoms. The minimum atomic E-state index is -0.793. The van der Waals surface area contributed by atoms with Gasteiger partial charge in [-0.2, -0.15) is 0 Å². The standard InChI is InChI=1S/C24H24N4O3S2/c1-3-11-28-23(31)19(33-24(28)32)13-17-20(25-14-18(29)16-9-5-4-6-10-16)26-21-15(2)8-7-12-27(21)22(17)30/h4-10,12-13,18,25,29H,3,11,14H2,1-2H3. The molecule has 0 saturated carbocycles. The molecule has 4 rings (SSSR count). The SMILES string of the molecule is CCCN1C(=O)C(=Cc2c(NCC(O)c3ccccc3)nc3c(C)cccn3c2=O)SC1=S. The lowest BCUT2D eigenvalue weighted by molar-refractivity contribution is -0.122. The molecule has 7 nitrogen and oxygen atoms in total. The number of aliphatic hydroxyl groups is 1. The summed E-state index contributed by atoms with van der Waals surface area (Å²) in [7, 11) is 0. The maximum atomic E-state index is 13.4. The van der Waals surface area contributed by atoms with Gasteiger partial charge in [-0.25, -0.2) is 4.98 Å². The van der Waals surface area contributed by atoms with Gasteiger partial charge in [0.25, 0.3) is 11.5 Å². The average Bonchev–Trinajstić information content (AvgIpc) is 3.08. The number of carbonyl (C=O) groups is 1. The van der Waals surface area contributed by atoms with Crippen LogP contribution in [0.3, 0.4) is 0 Å². The molecular weight excluding hydrogens is 456 g/mol. The van der Waals surface area contributed by atoms with Gasteiger partial charge in [-0.1, -0.05) is 67.3 Å². The highest BCUT2D eigenvalue weighted by molar-refractivity contribution is 8.26. The monoisotopic (exact) mass is 480 g/mol. The fourth-order valence-electron chi connectivity index (χ4n) is 3.61. The van der Waals surface area contributed by atoms with Crippen LogP contribution >= 0.6 is 24.0 Å². The minimum absolute atomic E-state index is 0.149. The van der Waals surface area contributed by atoms with E-state index in [1.54, 1.807) is 23.2 Å². The molecule has 1 fully saturated rings. The molecule has 1 aliphatic heterocycles. The van der Waals surface area contributed by atoms with Crippen LogP contribution in [-0.4, -0.2) is 42.7 Å². The number of nitrogens with one attached hydrogen (secondary N) is 1. The second kappa shape index (κ2) is 9.86. The Balaban J connectivity index is 1.76. The summed E-state index contributed by atoms with van der Waals surface area (Å²) in [6.45, 7) is 4.53. The first-order valence-corrected chi connectivity index (χ1v) is 11.9. The number of nitrogens with zero attached hydrogens (tertiary/aromatic N) is 3. The Hall–Kier alpha value is -3.01. The van der Waals surface area contributed by atoms with E-state index in [1.807, 2.05) is 50.2 Å². The molecule has 1 atom stereocenters. The van der Waals surface area contributed by atoms with E-state index in [-0.39, 0.29) is 23.6 Å². The fraction of sp³-hybridized carbons (Fsp3) is 0.250. The summed E-state index contributed by atoms with van der Waals surface area (Å²) in [6.07, 6.45) is 3.19. The van der Waals surface area contributed by atoms with Crippen LogP contribution in [0.4, 0.5) is 5.82 Å². The van der Waals surface area contributed by atoms with Gasteiger partial charge in [0.1, 0.15) is 15.8 Å². The van der Waals surface area contributed by atoms with Crippen molar-refractivity contribution in [1.29, 1.82) is 0 Å².